The maximum atomic E-state index is 13.9. The first kappa shape index (κ1) is 24.6. The van der Waals surface area contributed by atoms with Crippen LogP contribution in [0.25, 0.3) is 11.1 Å². The van der Waals surface area contributed by atoms with E-state index in [1.54, 1.807) is 0 Å². The maximum Gasteiger partial charge on any atom is 0.407 e. The van der Waals surface area contributed by atoms with Gasteiger partial charge in [-0.25, -0.2) is 18.4 Å². The molecule has 1 fully saturated rings. The number of alkyl halides is 2. The Morgan fingerprint density at radius 2 is 1.69 bits per heavy atom. The number of hydrogen-bond donors (Lipinski definition) is 2. The van der Waals surface area contributed by atoms with Crippen LogP contribution in [-0.4, -0.2) is 72.3 Å². The van der Waals surface area contributed by atoms with Gasteiger partial charge in [0.1, 0.15) is 18.7 Å². The van der Waals surface area contributed by atoms with E-state index < -0.39 is 55.0 Å². The summed E-state index contributed by atoms with van der Waals surface area (Å²) in [6, 6.07) is 12.5. The number of carbonyl (C=O) groups is 3. The second-order valence-corrected chi connectivity index (χ2v) is 8.77. The van der Waals surface area contributed by atoms with Crippen molar-refractivity contribution in [2.75, 3.05) is 20.3 Å². The first-order valence-electron chi connectivity index (χ1n) is 11.2. The summed E-state index contributed by atoms with van der Waals surface area (Å²) in [5.74, 6) is -6.07. The number of nitrogens with one attached hydrogen (secondary N) is 1. The van der Waals surface area contributed by atoms with Crippen molar-refractivity contribution in [2.45, 2.75) is 43.4 Å². The fourth-order valence-electron chi connectivity index (χ4n) is 4.73. The van der Waals surface area contributed by atoms with Crippen molar-refractivity contribution < 1.29 is 37.7 Å². The molecule has 10 heteroatoms. The number of fused-ring (bicyclic) bond motifs is 3. The molecule has 2 aromatic carbocycles. The Hall–Kier alpha value is -3.53. The average Bonchev–Trinajstić information content (AvgIpc) is 3.34. The highest BCUT2D eigenvalue weighted by atomic mass is 19.3. The highest BCUT2D eigenvalue weighted by Crippen LogP contribution is 2.44. The Labute approximate surface area is 200 Å². The van der Waals surface area contributed by atoms with Crippen LogP contribution in [0.4, 0.5) is 13.6 Å². The lowest BCUT2D eigenvalue weighted by Gasteiger charge is -2.29. The summed E-state index contributed by atoms with van der Waals surface area (Å²) in [5, 5.41) is 11.7. The molecule has 8 nitrogen and oxygen atoms in total. The number of amides is 2. The molecule has 0 aromatic heterocycles. The van der Waals surface area contributed by atoms with Crippen LogP contribution >= 0.6 is 0 Å². The van der Waals surface area contributed by atoms with Gasteiger partial charge in [0.15, 0.2) is 0 Å². The second-order valence-electron chi connectivity index (χ2n) is 8.77. The average molecular weight is 488 g/mol. The third-order valence-electron chi connectivity index (χ3n) is 6.56. The molecule has 0 saturated carbocycles. The quantitative estimate of drug-likeness (QED) is 0.620. The summed E-state index contributed by atoms with van der Waals surface area (Å²) in [5.41, 5.74) is 4.10. The second kappa shape index (κ2) is 9.61. The van der Waals surface area contributed by atoms with Gasteiger partial charge in [0, 0.05) is 19.4 Å². The summed E-state index contributed by atoms with van der Waals surface area (Å²) in [6.45, 7) is 0.403. The number of methoxy groups -OCH3 is 1. The van der Waals surface area contributed by atoms with E-state index in [0.29, 0.717) is 4.90 Å². The van der Waals surface area contributed by atoms with Crippen molar-refractivity contribution in [3.63, 3.8) is 0 Å². The van der Waals surface area contributed by atoms with Gasteiger partial charge in [0.25, 0.3) is 5.92 Å². The molecule has 3 atom stereocenters. The predicted octanol–water partition coefficient (Wildman–Crippen LogP) is 3.25. The Bertz CT molecular complexity index is 1090. The fourth-order valence-corrected chi connectivity index (χ4v) is 4.73. The fraction of sp³-hybridized carbons (Fsp3) is 0.400. The highest BCUT2D eigenvalue weighted by molar-refractivity contribution is 5.90. The Morgan fingerprint density at radius 3 is 2.23 bits per heavy atom. The van der Waals surface area contributed by atoms with Gasteiger partial charge in [-0.3, -0.25) is 4.79 Å². The predicted molar refractivity (Wildman–Crippen MR) is 121 cm³/mol. The summed E-state index contributed by atoms with van der Waals surface area (Å²) in [4.78, 5) is 37.8. The molecule has 2 aliphatic rings. The van der Waals surface area contributed by atoms with Crippen molar-refractivity contribution in [3.05, 3.63) is 59.7 Å². The van der Waals surface area contributed by atoms with E-state index in [1.165, 1.54) is 14.0 Å². The zero-order valence-corrected chi connectivity index (χ0v) is 19.2. The standard InChI is InChI=1S/C25H26F2N2O6/c1-14(34-2)21(22(30)29-13-25(26,27)11-20(29)23(31)32)28-24(33)35-12-19-17-9-5-3-7-15(17)16-8-4-6-10-18(16)19/h3-10,14,19-21H,11-13H2,1-2H3,(H,28,33)(H,31,32)/t14-,20?,21+/m1/s1. The van der Waals surface area contributed by atoms with Crippen molar-refractivity contribution in [3.8, 4) is 11.1 Å². The molecule has 1 aliphatic carbocycles. The number of carbonyl (C=O) groups excluding carboxylic acids is 2. The number of carboxylic acid groups (broad SMARTS) is 1. The van der Waals surface area contributed by atoms with Crippen molar-refractivity contribution >= 4 is 18.0 Å². The monoisotopic (exact) mass is 488 g/mol. The van der Waals surface area contributed by atoms with Crippen molar-refractivity contribution in [2.24, 2.45) is 0 Å². The molecule has 1 aliphatic heterocycles. The molecule has 35 heavy (non-hydrogen) atoms. The minimum atomic E-state index is -3.34. The maximum absolute atomic E-state index is 13.9. The van der Waals surface area contributed by atoms with Crippen LogP contribution in [-0.2, 0) is 19.1 Å². The molecule has 0 radical (unpaired) electrons. The molecule has 2 N–H and O–H groups in total. The topological polar surface area (TPSA) is 105 Å². The van der Waals surface area contributed by atoms with Gasteiger partial charge in [-0.1, -0.05) is 48.5 Å². The third-order valence-corrected chi connectivity index (χ3v) is 6.56. The smallest absolute Gasteiger partial charge is 0.407 e. The number of alkyl carbamates (subject to hydrolysis) is 1. The third kappa shape index (κ3) is 4.84. The largest absolute Gasteiger partial charge is 0.480 e. The van der Waals surface area contributed by atoms with Crippen LogP contribution in [0.5, 0.6) is 0 Å². The number of carboxylic acids is 1. The number of halogens is 2. The molecule has 2 aromatic rings. The van der Waals surface area contributed by atoms with E-state index in [4.69, 9.17) is 9.47 Å². The van der Waals surface area contributed by atoms with Crippen molar-refractivity contribution in [1.29, 1.82) is 0 Å². The van der Waals surface area contributed by atoms with Gasteiger partial charge >= 0.3 is 12.1 Å². The summed E-state index contributed by atoms with van der Waals surface area (Å²) in [7, 11) is 1.29. The molecule has 0 bridgehead atoms. The first-order chi connectivity index (χ1) is 16.6. The zero-order valence-electron chi connectivity index (χ0n) is 19.2. The van der Waals surface area contributed by atoms with E-state index in [2.05, 4.69) is 5.32 Å². The number of rotatable bonds is 7. The molecular weight excluding hydrogens is 462 g/mol. The SMILES string of the molecule is CO[C@H](C)[C@H](NC(=O)OCC1c2ccccc2-c2ccccc21)C(=O)N1CC(F)(F)CC1C(=O)O. The van der Waals surface area contributed by atoms with E-state index in [0.717, 1.165) is 22.3 Å². The normalized spacial score (nSPS) is 20.0. The highest BCUT2D eigenvalue weighted by Gasteiger charge is 2.52. The Kier molecular flexibility index (Phi) is 6.75. The summed E-state index contributed by atoms with van der Waals surface area (Å²) in [6.07, 6.45) is -2.86. The van der Waals surface area contributed by atoms with Crippen LogP contribution in [0.2, 0.25) is 0 Å². The molecular formula is C25H26F2N2O6. The van der Waals surface area contributed by atoms with Crippen molar-refractivity contribution in [1.82, 2.24) is 10.2 Å². The minimum absolute atomic E-state index is 0.0122. The number of likely N-dealkylation sites (tertiary alicyclic amines) is 1. The van der Waals surface area contributed by atoms with E-state index in [1.807, 2.05) is 48.5 Å². The molecule has 1 heterocycles. The van der Waals surface area contributed by atoms with Crippen LogP contribution in [0.1, 0.15) is 30.4 Å². The van der Waals surface area contributed by atoms with E-state index in [-0.39, 0.29) is 12.5 Å². The van der Waals surface area contributed by atoms with Gasteiger partial charge in [0.05, 0.1) is 12.6 Å². The summed E-state index contributed by atoms with van der Waals surface area (Å²) >= 11 is 0. The lowest BCUT2D eigenvalue weighted by atomic mass is 9.98. The van der Waals surface area contributed by atoms with Crippen LogP contribution in [0.3, 0.4) is 0 Å². The van der Waals surface area contributed by atoms with E-state index >= 15 is 0 Å². The van der Waals surface area contributed by atoms with Gasteiger partial charge in [-0.2, -0.15) is 0 Å². The number of ether oxygens (including phenoxy) is 2. The minimum Gasteiger partial charge on any atom is -0.480 e. The summed E-state index contributed by atoms with van der Waals surface area (Å²) < 4.78 is 38.4. The molecule has 186 valence electrons. The number of nitrogens with zero attached hydrogens (tertiary/aromatic N) is 1. The Balaban J connectivity index is 1.47. The molecule has 4 rings (SSSR count). The van der Waals surface area contributed by atoms with Gasteiger partial charge in [0.2, 0.25) is 5.91 Å². The lowest BCUT2D eigenvalue weighted by molar-refractivity contribution is -0.150. The van der Waals surface area contributed by atoms with Gasteiger partial charge in [-0.05, 0) is 29.2 Å². The lowest BCUT2D eigenvalue weighted by Crippen LogP contribution is -2.56. The first-order valence-corrected chi connectivity index (χ1v) is 11.2. The Morgan fingerprint density at radius 1 is 1.11 bits per heavy atom. The number of aliphatic carboxylic acids is 1. The van der Waals surface area contributed by atoms with Crippen LogP contribution < -0.4 is 5.32 Å². The van der Waals surface area contributed by atoms with Crippen LogP contribution in [0, 0.1) is 0 Å². The molecule has 2 amide bonds. The number of hydrogen-bond acceptors (Lipinski definition) is 5. The molecule has 1 saturated heterocycles. The van der Waals surface area contributed by atoms with Crippen LogP contribution in [0.15, 0.2) is 48.5 Å². The molecule has 1 unspecified atom stereocenters. The van der Waals surface area contributed by atoms with Gasteiger partial charge < -0.3 is 24.8 Å². The van der Waals surface area contributed by atoms with Gasteiger partial charge in [-0.15, -0.1) is 0 Å². The van der Waals surface area contributed by atoms with E-state index in [9.17, 15) is 28.3 Å². The zero-order chi connectivity index (χ0) is 25.3. The molecule has 0 spiro atoms. The number of benzene rings is 2.